The molecular weight excluding hydrogens is 324 g/mol. The molecule has 0 fully saturated rings. The van der Waals surface area contributed by atoms with Crippen molar-refractivity contribution in [1.82, 2.24) is 0 Å². The highest BCUT2D eigenvalue weighted by Crippen LogP contribution is 2.19. The van der Waals surface area contributed by atoms with Crippen LogP contribution in [0.15, 0.2) is 48.5 Å². The summed E-state index contributed by atoms with van der Waals surface area (Å²) in [7, 11) is 1.47. The zero-order valence-corrected chi connectivity index (χ0v) is 13.2. The number of carbonyl (C=O) groups is 1. The molecule has 0 bridgehead atoms. The van der Waals surface area contributed by atoms with Crippen molar-refractivity contribution >= 4 is 46.5 Å². The summed E-state index contributed by atoms with van der Waals surface area (Å²) in [5.74, 6) is 0.364. The normalized spacial score (nSPS) is 9.73. The second kappa shape index (κ2) is 7.63. The second-order valence-electron chi connectivity index (χ2n) is 4.17. The Hall–Kier alpha value is -2.31. The molecule has 0 unspecified atom stereocenters. The molecule has 2 N–H and O–H groups in total. The first-order valence-corrected chi connectivity index (χ1v) is 7.05. The maximum Gasteiger partial charge on any atom is 0.417 e. The number of methoxy groups -OCH3 is 1. The summed E-state index contributed by atoms with van der Waals surface area (Å²) >= 11 is 10.7. The number of anilines is 2. The average molecular weight is 337 g/mol. The first-order chi connectivity index (χ1) is 10.6. The van der Waals surface area contributed by atoms with E-state index in [-0.39, 0.29) is 5.17 Å². The van der Waals surface area contributed by atoms with Gasteiger partial charge in [0.15, 0.2) is 0 Å². The minimum absolute atomic E-state index is 0.223. The monoisotopic (exact) mass is 336 g/mol. The van der Waals surface area contributed by atoms with Crippen LogP contribution >= 0.6 is 23.8 Å². The number of hydrogen-bond donors (Lipinski definition) is 2. The molecule has 0 saturated heterocycles. The van der Waals surface area contributed by atoms with E-state index in [1.165, 1.54) is 7.11 Å². The SMILES string of the molecule is COC(=S)Nc1cccc(OC(=O)Nc2cccc(Cl)c2)c1. The van der Waals surface area contributed by atoms with Crippen molar-refractivity contribution in [3.63, 3.8) is 0 Å². The molecule has 0 aliphatic rings. The lowest BCUT2D eigenvalue weighted by molar-refractivity contribution is 0.215. The van der Waals surface area contributed by atoms with Gasteiger partial charge in [-0.05, 0) is 42.5 Å². The number of ether oxygens (including phenoxy) is 2. The Morgan fingerprint density at radius 3 is 2.45 bits per heavy atom. The lowest BCUT2D eigenvalue weighted by atomic mass is 10.3. The van der Waals surface area contributed by atoms with Crippen LogP contribution in [0.5, 0.6) is 5.75 Å². The average Bonchev–Trinajstić information content (AvgIpc) is 2.47. The van der Waals surface area contributed by atoms with Crippen LogP contribution in [0.4, 0.5) is 16.2 Å². The molecule has 0 atom stereocenters. The minimum atomic E-state index is -0.617. The summed E-state index contributed by atoms with van der Waals surface area (Å²) in [6.07, 6.45) is -0.617. The van der Waals surface area contributed by atoms with Crippen molar-refractivity contribution in [2.45, 2.75) is 0 Å². The van der Waals surface area contributed by atoms with Gasteiger partial charge in [0.05, 0.1) is 7.11 Å². The van der Waals surface area contributed by atoms with E-state index in [4.69, 9.17) is 33.3 Å². The van der Waals surface area contributed by atoms with Crippen LogP contribution in [0, 0.1) is 0 Å². The van der Waals surface area contributed by atoms with Crippen molar-refractivity contribution in [2.24, 2.45) is 0 Å². The Morgan fingerprint density at radius 2 is 1.77 bits per heavy atom. The van der Waals surface area contributed by atoms with Gasteiger partial charge < -0.3 is 14.8 Å². The smallest absolute Gasteiger partial charge is 0.417 e. The zero-order chi connectivity index (χ0) is 15.9. The Kier molecular flexibility index (Phi) is 5.57. The first-order valence-electron chi connectivity index (χ1n) is 6.26. The van der Waals surface area contributed by atoms with E-state index in [0.29, 0.717) is 22.1 Å². The van der Waals surface area contributed by atoms with Gasteiger partial charge in [-0.15, -0.1) is 0 Å². The number of hydrogen-bond acceptors (Lipinski definition) is 4. The van der Waals surface area contributed by atoms with E-state index in [1.54, 1.807) is 48.5 Å². The lowest BCUT2D eigenvalue weighted by Gasteiger charge is -2.09. The van der Waals surface area contributed by atoms with Crippen LogP contribution in [0.1, 0.15) is 0 Å². The van der Waals surface area contributed by atoms with Crippen molar-refractivity contribution in [3.8, 4) is 5.75 Å². The molecule has 1 amide bonds. The standard InChI is InChI=1S/C15H13ClN2O3S/c1-20-15(22)18-12-6-3-7-13(9-12)21-14(19)17-11-5-2-4-10(16)8-11/h2-9H,1H3,(H,17,19)(H,18,22). The molecule has 114 valence electrons. The van der Waals surface area contributed by atoms with Gasteiger partial charge in [-0.25, -0.2) is 4.79 Å². The highest BCUT2D eigenvalue weighted by molar-refractivity contribution is 7.80. The molecule has 0 saturated carbocycles. The van der Waals surface area contributed by atoms with Gasteiger partial charge in [-0.2, -0.15) is 0 Å². The van der Waals surface area contributed by atoms with Crippen LogP contribution in [-0.2, 0) is 4.74 Å². The number of halogens is 1. The van der Waals surface area contributed by atoms with Gasteiger partial charge in [0.2, 0.25) is 0 Å². The minimum Gasteiger partial charge on any atom is -0.474 e. The third-order valence-electron chi connectivity index (χ3n) is 2.55. The molecule has 2 aromatic carbocycles. The summed E-state index contributed by atoms with van der Waals surface area (Å²) < 4.78 is 10.0. The van der Waals surface area contributed by atoms with Gasteiger partial charge >= 0.3 is 6.09 Å². The Bertz CT molecular complexity index is 694. The molecule has 0 spiro atoms. The molecule has 0 aliphatic heterocycles. The highest BCUT2D eigenvalue weighted by Gasteiger charge is 2.06. The molecule has 0 radical (unpaired) electrons. The molecule has 2 aromatic rings. The predicted molar refractivity (Wildman–Crippen MR) is 90.8 cm³/mol. The molecule has 22 heavy (non-hydrogen) atoms. The van der Waals surface area contributed by atoms with Crippen molar-refractivity contribution in [3.05, 3.63) is 53.6 Å². The van der Waals surface area contributed by atoms with Crippen LogP contribution in [0.2, 0.25) is 5.02 Å². The third-order valence-corrected chi connectivity index (χ3v) is 3.05. The second-order valence-corrected chi connectivity index (χ2v) is 4.98. The number of thiocarbonyl (C=S) groups is 1. The largest absolute Gasteiger partial charge is 0.474 e. The van der Waals surface area contributed by atoms with Crippen molar-refractivity contribution in [2.75, 3.05) is 17.7 Å². The number of nitrogens with one attached hydrogen (secondary N) is 2. The van der Waals surface area contributed by atoms with Gasteiger partial charge in [-0.3, -0.25) is 5.32 Å². The lowest BCUT2D eigenvalue weighted by Crippen LogP contribution is -2.17. The van der Waals surface area contributed by atoms with E-state index in [1.807, 2.05) is 0 Å². The van der Waals surface area contributed by atoms with E-state index in [0.717, 1.165) is 0 Å². The summed E-state index contributed by atoms with van der Waals surface area (Å²) in [5.41, 5.74) is 1.20. The third kappa shape index (κ3) is 4.91. The first kappa shape index (κ1) is 16.1. The van der Waals surface area contributed by atoms with Gasteiger partial charge in [0.1, 0.15) is 5.75 Å². The zero-order valence-electron chi connectivity index (χ0n) is 11.6. The maximum atomic E-state index is 11.8. The molecule has 0 heterocycles. The van der Waals surface area contributed by atoms with E-state index in [2.05, 4.69) is 10.6 Å². The number of benzene rings is 2. The highest BCUT2D eigenvalue weighted by atomic mass is 35.5. The molecular formula is C15H13ClN2O3S. The summed E-state index contributed by atoms with van der Waals surface area (Å²) in [6.45, 7) is 0. The van der Waals surface area contributed by atoms with Crippen LogP contribution in [-0.4, -0.2) is 18.4 Å². The van der Waals surface area contributed by atoms with E-state index in [9.17, 15) is 4.79 Å². The van der Waals surface area contributed by atoms with Crippen LogP contribution in [0.25, 0.3) is 0 Å². The van der Waals surface area contributed by atoms with Crippen LogP contribution < -0.4 is 15.4 Å². The Balaban J connectivity index is 1.99. The number of carbonyl (C=O) groups excluding carboxylic acids is 1. The fourth-order valence-corrected chi connectivity index (χ4v) is 1.93. The van der Waals surface area contributed by atoms with E-state index < -0.39 is 6.09 Å². The number of amides is 1. The molecule has 7 heteroatoms. The van der Waals surface area contributed by atoms with Gasteiger partial charge in [0, 0.05) is 22.5 Å². The summed E-state index contributed by atoms with van der Waals surface area (Å²) in [5, 5.41) is 6.18. The molecule has 2 rings (SSSR count). The fourth-order valence-electron chi connectivity index (χ4n) is 1.62. The summed E-state index contributed by atoms with van der Waals surface area (Å²) in [4.78, 5) is 11.8. The molecule has 0 aliphatic carbocycles. The molecule has 0 aromatic heterocycles. The van der Waals surface area contributed by atoms with Gasteiger partial charge in [0.25, 0.3) is 5.17 Å². The van der Waals surface area contributed by atoms with E-state index >= 15 is 0 Å². The topological polar surface area (TPSA) is 59.6 Å². The van der Waals surface area contributed by atoms with Crippen LogP contribution in [0.3, 0.4) is 0 Å². The molecule has 5 nitrogen and oxygen atoms in total. The maximum absolute atomic E-state index is 11.8. The van der Waals surface area contributed by atoms with Crippen molar-refractivity contribution < 1.29 is 14.3 Å². The number of rotatable bonds is 3. The Labute approximate surface area is 138 Å². The predicted octanol–water partition coefficient (Wildman–Crippen LogP) is 4.29. The fraction of sp³-hybridized carbons (Fsp3) is 0.0667. The van der Waals surface area contributed by atoms with Crippen molar-refractivity contribution in [1.29, 1.82) is 0 Å². The Morgan fingerprint density at radius 1 is 1.09 bits per heavy atom. The quantitative estimate of drug-likeness (QED) is 0.819. The van der Waals surface area contributed by atoms with Gasteiger partial charge in [-0.1, -0.05) is 23.7 Å². The summed E-state index contributed by atoms with van der Waals surface area (Å²) in [6, 6.07) is 13.6.